The standard InChI is InChI=1S/C13H25N3O4/c1-5-9(4)15-12(18)10(6-11(14)17)16-13(19)20-7-8(2)3/h8-10H,5-7H2,1-4H3,(H2,14,17)(H,15,18)(H,16,19)/t9-,10+/m1/s1. The summed E-state index contributed by atoms with van der Waals surface area (Å²) in [7, 11) is 0. The van der Waals surface area contributed by atoms with Crippen LogP contribution in [0.5, 0.6) is 0 Å². The van der Waals surface area contributed by atoms with Crippen LogP contribution in [0.1, 0.15) is 40.5 Å². The van der Waals surface area contributed by atoms with Gasteiger partial charge in [-0.05, 0) is 19.3 Å². The van der Waals surface area contributed by atoms with Crippen LogP contribution in [0.3, 0.4) is 0 Å². The van der Waals surface area contributed by atoms with Crippen molar-refractivity contribution in [1.82, 2.24) is 10.6 Å². The molecular weight excluding hydrogens is 262 g/mol. The lowest BCUT2D eigenvalue weighted by Crippen LogP contribution is -2.50. The predicted octanol–water partition coefficient (Wildman–Crippen LogP) is 0.527. The molecule has 0 aromatic rings. The third kappa shape index (κ3) is 8.34. The number of hydrogen-bond acceptors (Lipinski definition) is 4. The number of amides is 3. The Morgan fingerprint density at radius 2 is 1.75 bits per heavy atom. The van der Waals surface area contributed by atoms with Crippen LogP contribution in [0.25, 0.3) is 0 Å². The molecule has 0 aromatic carbocycles. The molecule has 0 heterocycles. The van der Waals surface area contributed by atoms with E-state index >= 15 is 0 Å². The second-order valence-electron chi connectivity index (χ2n) is 5.18. The summed E-state index contributed by atoms with van der Waals surface area (Å²) >= 11 is 0. The van der Waals surface area contributed by atoms with Gasteiger partial charge < -0.3 is 21.1 Å². The summed E-state index contributed by atoms with van der Waals surface area (Å²) in [6.07, 6.45) is -0.254. The van der Waals surface area contributed by atoms with E-state index in [1.54, 1.807) is 0 Å². The monoisotopic (exact) mass is 287 g/mol. The van der Waals surface area contributed by atoms with Crippen molar-refractivity contribution >= 4 is 17.9 Å². The highest BCUT2D eigenvalue weighted by Crippen LogP contribution is 1.98. The van der Waals surface area contributed by atoms with Gasteiger partial charge >= 0.3 is 6.09 Å². The number of carbonyl (C=O) groups is 3. The highest BCUT2D eigenvalue weighted by Gasteiger charge is 2.24. The minimum atomic E-state index is -1.01. The molecule has 0 aromatic heterocycles. The zero-order chi connectivity index (χ0) is 15.7. The van der Waals surface area contributed by atoms with Crippen molar-refractivity contribution < 1.29 is 19.1 Å². The van der Waals surface area contributed by atoms with Crippen LogP contribution >= 0.6 is 0 Å². The lowest BCUT2D eigenvalue weighted by Gasteiger charge is -2.20. The zero-order valence-corrected chi connectivity index (χ0v) is 12.6. The Labute approximate surface area is 119 Å². The molecule has 3 amide bonds. The average molecular weight is 287 g/mol. The van der Waals surface area contributed by atoms with Gasteiger partial charge in [-0.25, -0.2) is 4.79 Å². The first-order valence-corrected chi connectivity index (χ1v) is 6.78. The van der Waals surface area contributed by atoms with E-state index in [0.717, 1.165) is 6.42 Å². The maximum Gasteiger partial charge on any atom is 0.407 e. The summed E-state index contributed by atoms with van der Waals surface area (Å²) in [6.45, 7) is 7.77. The molecule has 0 radical (unpaired) electrons. The summed E-state index contributed by atoms with van der Waals surface area (Å²) in [4.78, 5) is 34.4. The molecule has 0 aliphatic rings. The maximum atomic E-state index is 11.9. The van der Waals surface area contributed by atoms with Gasteiger partial charge in [0.25, 0.3) is 0 Å². The number of nitrogens with two attached hydrogens (primary N) is 1. The maximum absolute atomic E-state index is 11.9. The number of alkyl carbamates (subject to hydrolysis) is 1. The van der Waals surface area contributed by atoms with Crippen LogP contribution in [0, 0.1) is 5.92 Å². The Morgan fingerprint density at radius 3 is 2.20 bits per heavy atom. The highest BCUT2D eigenvalue weighted by molar-refractivity contribution is 5.90. The molecule has 7 nitrogen and oxygen atoms in total. The van der Waals surface area contributed by atoms with Crippen molar-refractivity contribution in [2.45, 2.75) is 52.6 Å². The second kappa shape index (κ2) is 9.17. The Hall–Kier alpha value is -1.79. The third-order valence-electron chi connectivity index (χ3n) is 2.56. The smallest absolute Gasteiger partial charge is 0.407 e. The molecule has 0 rings (SSSR count). The van der Waals surface area contributed by atoms with Crippen LogP contribution in [-0.4, -0.2) is 36.6 Å². The van der Waals surface area contributed by atoms with Crippen LogP contribution in [0.15, 0.2) is 0 Å². The van der Waals surface area contributed by atoms with Crippen molar-refractivity contribution in [1.29, 1.82) is 0 Å². The number of carbonyl (C=O) groups excluding carboxylic acids is 3. The van der Waals surface area contributed by atoms with Gasteiger partial charge in [0.15, 0.2) is 0 Å². The Balaban J connectivity index is 4.51. The van der Waals surface area contributed by atoms with Gasteiger partial charge in [0.05, 0.1) is 13.0 Å². The number of primary amides is 1. The van der Waals surface area contributed by atoms with Crippen molar-refractivity contribution in [3.05, 3.63) is 0 Å². The fraction of sp³-hybridized carbons (Fsp3) is 0.769. The Morgan fingerprint density at radius 1 is 1.15 bits per heavy atom. The molecule has 0 unspecified atom stereocenters. The summed E-state index contributed by atoms with van der Waals surface area (Å²) in [6, 6.07) is -1.06. The fourth-order valence-electron chi connectivity index (χ4n) is 1.28. The first kappa shape index (κ1) is 18.2. The molecule has 0 saturated carbocycles. The molecule has 0 fully saturated rings. The van der Waals surface area contributed by atoms with Gasteiger partial charge in [0.1, 0.15) is 6.04 Å². The molecule has 0 spiro atoms. The second-order valence-corrected chi connectivity index (χ2v) is 5.18. The predicted molar refractivity (Wildman–Crippen MR) is 74.8 cm³/mol. The van der Waals surface area contributed by atoms with Crippen molar-refractivity contribution in [3.63, 3.8) is 0 Å². The van der Waals surface area contributed by atoms with Crippen molar-refractivity contribution in [2.75, 3.05) is 6.61 Å². The zero-order valence-electron chi connectivity index (χ0n) is 12.6. The summed E-state index contributed by atoms with van der Waals surface area (Å²) in [5, 5.41) is 5.05. The van der Waals surface area contributed by atoms with Crippen LogP contribution in [0.4, 0.5) is 4.79 Å². The van der Waals surface area contributed by atoms with Crippen molar-refractivity contribution in [2.24, 2.45) is 11.7 Å². The molecule has 0 aliphatic heterocycles. The van der Waals surface area contributed by atoms with E-state index in [-0.39, 0.29) is 25.0 Å². The average Bonchev–Trinajstić information content (AvgIpc) is 2.34. The van der Waals surface area contributed by atoms with Crippen molar-refractivity contribution in [3.8, 4) is 0 Å². The minimum absolute atomic E-state index is 0.0497. The van der Waals surface area contributed by atoms with E-state index < -0.39 is 23.9 Å². The van der Waals surface area contributed by atoms with E-state index in [1.807, 2.05) is 27.7 Å². The molecule has 20 heavy (non-hydrogen) atoms. The third-order valence-corrected chi connectivity index (χ3v) is 2.56. The van der Waals surface area contributed by atoms with Gasteiger partial charge in [0.2, 0.25) is 11.8 Å². The van der Waals surface area contributed by atoms with Crippen LogP contribution in [-0.2, 0) is 14.3 Å². The molecule has 116 valence electrons. The molecule has 0 saturated heterocycles. The van der Waals surface area contributed by atoms with Gasteiger partial charge in [-0.3, -0.25) is 9.59 Å². The van der Waals surface area contributed by atoms with E-state index in [4.69, 9.17) is 10.5 Å². The van der Waals surface area contributed by atoms with E-state index in [0.29, 0.717) is 0 Å². The SMILES string of the molecule is CC[C@@H](C)NC(=O)[C@H](CC(N)=O)NC(=O)OCC(C)C. The molecule has 4 N–H and O–H groups in total. The highest BCUT2D eigenvalue weighted by atomic mass is 16.5. The van der Waals surface area contributed by atoms with Gasteiger partial charge in [-0.2, -0.15) is 0 Å². The van der Waals surface area contributed by atoms with Gasteiger partial charge in [-0.15, -0.1) is 0 Å². The summed E-state index contributed by atoms with van der Waals surface area (Å²) in [5.74, 6) is -0.928. The number of hydrogen-bond donors (Lipinski definition) is 3. The first-order chi connectivity index (χ1) is 9.26. The Bertz CT molecular complexity index is 345. The lowest BCUT2D eigenvalue weighted by molar-refractivity contribution is -0.127. The number of nitrogens with one attached hydrogen (secondary N) is 2. The van der Waals surface area contributed by atoms with E-state index in [9.17, 15) is 14.4 Å². The molecule has 7 heteroatoms. The summed E-state index contributed by atoms with van der Waals surface area (Å²) in [5.41, 5.74) is 5.08. The quantitative estimate of drug-likeness (QED) is 0.604. The minimum Gasteiger partial charge on any atom is -0.449 e. The first-order valence-electron chi connectivity index (χ1n) is 6.78. The van der Waals surface area contributed by atoms with Gasteiger partial charge in [0, 0.05) is 6.04 Å². The molecule has 0 bridgehead atoms. The normalized spacial score (nSPS) is 13.4. The fourth-order valence-corrected chi connectivity index (χ4v) is 1.28. The van der Waals surface area contributed by atoms with E-state index in [2.05, 4.69) is 10.6 Å². The number of rotatable bonds is 8. The van der Waals surface area contributed by atoms with Crippen LogP contribution < -0.4 is 16.4 Å². The number of ether oxygens (including phenoxy) is 1. The van der Waals surface area contributed by atoms with E-state index in [1.165, 1.54) is 0 Å². The van der Waals surface area contributed by atoms with Crippen LogP contribution in [0.2, 0.25) is 0 Å². The van der Waals surface area contributed by atoms with Gasteiger partial charge in [-0.1, -0.05) is 20.8 Å². The summed E-state index contributed by atoms with van der Waals surface area (Å²) < 4.78 is 4.91. The Kier molecular flexibility index (Phi) is 8.35. The topological polar surface area (TPSA) is 111 Å². The largest absolute Gasteiger partial charge is 0.449 e. The lowest BCUT2D eigenvalue weighted by atomic mass is 10.1. The molecule has 0 aliphatic carbocycles. The molecule has 2 atom stereocenters. The molecular formula is C13H25N3O4.